The molecule has 0 aromatic heterocycles. The molecule has 6 heteroatoms. The molecule has 0 saturated carbocycles. The Balaban J connectivity index is 2.44. The highest BCUT2D eigenvalue weighted by Crippen LogP contribution is 2.31. The first kappa shape index (κ1) is 11.4. The highest BCUT2D eigenvalue weighted by Gasteiger charge is 2.29. The molecule has 1 aromatic rings. The SMILES string of the molecule is CC(C(=O)O)N1CC(=O)Nc2cc(F)ccc21. The van der Waals surface area contributed by atoms with Crippen LogP contribution in [0.15, 0.2) is 18.2 Å². The van der Waals surface area contributed by atoms with E-state index in [4.69, 9.17) is 5.11 Å². The van der Waals surface area contributed by atoms with Crippen LogP contribution in [-0.4, -0.2) is 29.6 Å². The lowest BCUT2D eigenvalue weighted by molar-refractivity contribution is -0.138. The van der Waals surface area contributed by atoms with Crippen molar-refractivity contribution in [1.29, 1.82) is 0 Å². The van der Waals surface area contributed by atoms with Crippen molar-refractivity contribution in [3.05, 3.63) is 24.0 Å². The number of nitrogens with zero attached hydrogens (tertiary/aromatic N) is 1. The van der Waals surface area contributed by atoms with Crippen LogP contribution >= 0.6 is 0 Å². The van der Waals surface area contributed by atoms with E-state index in [1.807, 2.05) is 0 Å². The van der Waals surface area contributed by atoms with Crippen molar-refractivity contribution < 1.29 is 19.1 Å². The van der Waals surface area contributed by atoms with E-state index < -0.39 is 17.8 Å². The lowest BCUT2D eigenvalue weighted by atomic mass is 10.1. The fraction of sp³-hybridized carbons (Fsp3) is 0.273. The number of hydrogen-bond donors (Lipinski definition) is 2. The van der Waals surface area contributed by atoms with Crippen molar-refractivity contribution in [2.75, 3.05) is 16.8 Å². The number of carbonyl (C=O) groups is 2. The van der Waals surface area contributed by atoms with Gasteiger partial charge in [-0.25, -0.2) is 9.18 Å². The lowest BCUT2D eigenvalue weighted by Crippen LogP contribution is -2.46. The fourth-order valence-corrected chi connectivity index (χ4v) is 1.77. The smallest absolute Gasteiger partial charge is 0.326 e. The minimum absolute atomic E-state index is 0.0495. The molecule has 1 aliphatic heterocycles. The van der Waals surface area contributed by atoms with Crippen LogP contribution in [0.5, 0.6) is 0 Å². The molecule has 2 N–H and O–H groups in total. The van der Waals surface area contributed by atoms with E-state index in [2.05, 4.69) is 5.32 Å². The van der Waals surface area contributed by atoms with Gasteiger partial charge >= 0.3 is 5.97 Å². The number of anilines is 2. The van der Waals surface area contributed by atoms with Gasteiger partial charge in [-0.3, -0.25) is 4.79 Å². The van der Waals surface area contributed by atoms with Gasteiger partial charge in [0.15, 0.2) is 0 Å². The summed E-state index contributed by atoms with van der Waals surface area (Å²) in [6, 6.07) is 3.03. The quantitative estimate of drug-likeness (QED) is 0.808. The summed E-state index contributed by atoms with van der Waals surface area (Å²) in [5.41, 5.74) is 0.815. The Morgan fingerprint density at radius 3 is 2.94 bits per heavy atom. The average Bonchev–Trinajstić information content (AvgIpc) is 2.26. The molecule has 1 atom stereocenters. The van der Waals surface area contributed by atoms with Crippen molar-refractivity contribution in [2.45, 2.75) is 13.0 Å². The molecule has 0 fully saturated rings. The summed E-state index contributed by atoms with van der Waals surface area (Å²) in [5.74, 6) is -1.86. The molecule has 0 radical (unpaired) electrons. The van der Waals surface area contributed by atoms with Gasteiger partial charge < -0.3 is 15.3 Å². The summed E-state index contributed by atoms with van der Waals surface area (Å²) in [6.07, 6.45) is 0. The van der Waals surface area contributed by atoms with Gasteiger partial charge in [0.2, 0.25) is 5.91 Å². The summed E-state index contributed by atoms with van der Waals surface area (Å²) >= 11 is 0. The van der Waals surface area contributed by atoms with Gasteiger partial charge in [0.25, 0.3) is 0 Å². The van der Waals surface area contributed by atoms with E-state index in [0.717, 1.165) is 0 Å². The number of carbonyl (C=O) groups excluding carboxylic acids is 1. The number of nitrogens with one attached hydrogen (secondary N) is 1. The predicted octanol–water partition coefficient (Wildman–Crippen LogP) is 1.06. The molecule has 1 amide bonds. The molecule has 5 nitrogen and oxygen atoms in total. The summed E-state index contributed by atoms with van der Waals surface area (Å²) in [5, 5.41) is 11.5. The number of fused-ring (bicyclic) bond motifs is 1. The second-order valence-electron chi connectivity index (χ2n) is 3.85. The minimum atomic E-state index is -1.03. The van der Waals surface area contributed by atoms with Crippen LogP contribution in [0.1, 0.15) is 6.92 Å². The molecule has 1 aromatic carbocycles. The Morgan fingerprint density at radius 2 is 2.29 bits per heavy atom. The highest BCUT2D eigenvalue weighted by molar-refractivity contribution is 6.02. The Kier molecular flexibility index (Phi) is 2.71. The molecule has 0 spiro atoms. The molecule has 1 heterocycles. The summed E-state index contributed by atoms with van der Waals surface area (Å²) in [6.45, 7) is 1.43. The first-order valence-corrected chi connectivity index (χ1v) is 5.08. The van der Waals surface area contributed by atoms with Crippen LogP contribution < -0.4 is 10.2 Å². The maximum Gasteiger partial charge on any atom is 0.326 e. The van der Waals surface area contributed by atoms with E-state index in [0.29, 0.717) is 11.4 Å². The molecule has 0 saturated heterocycles. The van der Waals surface area contributed by atoms with Crippen molar-refractivity contribution >= 4 is 23.3 Å². The van der Waals surface area contributed by atoms with Gasteiger partial charge in [-0.05, 0) is 25.1 Å². The molecule has 1 aliphatic rings. The van der Waals surface area contributed by atoms with E-state index in [9.17, 15) is 14.0 Å². The van der Waals surface area contributed by atoms with E-state index in [-0.39, 0.29) is 12.5 Å². The molecule has 17 heavy (non-hydrogen) atoms. The first-order valence-electron chi connectivity index (χ1n) is 5.08. The Labute approximate surface area is 96.8 Å². The van der Waals surface area contributed by atoms with Gasteiger partial charge in [-0.1, -0.05) is 0 Å². The molecular formula is C11H11FN2O3. The molecule has 0 bridgehead atoms. The largest absolute Gasteiger partial charge is 0.480 e. The monoisotopic (exact) mass is 238 g/mol. The van der Waals surface area contributed by atoms with Crippen LogP contribution in [0.3, 0.4) is 0 Å². The van der Waals surface area contributed by atoms with Crippen LogP contribution in [0.4, 0.5) is 15.8 Å². The number of amides is 1. The van der Waals surface area contributed by atoms with Crippen molar-refractivity contribution in [3.63, 3.8) is 0 Å². The standard InChI is InChI=1S/C11H11FN2O3/c1-6(11(16)17)14-5-10(15)13-8-4-7(12)2-3-9(8)14/h2-4,6H,5H2,1H3,(H,13,15)(H,16,17). The number of aliphatic carboxylic acids is 1. The maximum absolute atomic E-state index is 13.0. The zero-order valence-electron chi connectivity index (χ0n) is 9.11. The number of benzene rings is 1. The van der Waals surface area contributed by atoms with Crippen LogP contribution in [0, 0.1) is 5.82 Å². The van der Waals surface area contributed by atoms with Crippen molar-refractivity contribution in [1.82, 2.24) is 0 Å². The molecule has 90 valence electrons. The van der Waals surface area contributed by atoms with Gasteiger partial charge in [0, 0.05) is 0 Å². The zero-order chi connectivity index (χ0) is 12.6. The van der Waals surface area contributed by atoms with E-state index in [1.54, 1.807) is 0 Å². The summed E-state index contributed by atoms with van der Waals surface area (Å²) in [7, 11) is 0. The third-order valence-corrected chi connectivity index (χ3v) is 2.68. The Hall–Kier alpha value is -2.11. The van der Waals surface area contributed by atoms with Crippen LogP contribution in [-0.2, 0) is 9.59 Å². The minimum Gasteiger partial charge on any atom is -0.480 e. The average molecular weight is 238 g/mol. The van der Waals surface area contributed by atoms with Gasteiger partial charge in [0.05, 0.1) is 17.9 Å². The summed E-state index contributed by atoms with van der Waals surface area (Å²) < 4.78 is 13.0. The third-order valence-electron chi connectivity index (χ3n) is 2.68. The Bertz CT molecular complexity index is 490. The number of halogens is 1. The topological polar surface area (TPSA) is 69.6 Å². The van der Waals surface area contributed by atoms with E-state index >= 15 is 0 Å². The third kappa shape index (κ3) is 2.06. The molecular weight excluding hydrogens is 227 g/mol. The molecule has 2 rings (SSSR count). The maximum atomic E-state index is 13.0. The molecule has 1 unspecified atom stereocenters. The predicted molar refractivity (Wildman–Crippen MR) is 59.5 cm³/mol. The van der Waals surface area contributed by atoms with Crippen molar-refractivity contribution in [3.8, 4) is 0 Å². The normalized spacial score (nSPS) is 16.1. The van der Waals surface area contributed by atoms with Crippen LogP contribution in [0.25, 0.3) is 0 Å². The number of carboxylic acid groups (broad SMARTS) is 1. The second-order valence-corrected chi connectivity index (χ2v) is 3.85. The Morgan fingerprint density at radius 1 is 1.59 bits per heavy atom. The lowest BCUT2D eigenvalue weighted by Gasteiger charge is -2.33. The summed E-state index contributed by atoms with van der Waals surface area (Å²) in [4.78, 5) is 23.8. The number of hydrogen-bond acceptors (Lipinski definition) is 3. The zero-order valence-corrected chi connectivity index (χ0v) is 9.11. The fourth-order valence-electron chi connectivity index (χ4n) is 1.77. The first-order chi connectivity index (χ1) is 7.99. The second kappa shape index (κ2) is 4.04. The van der Waals surface area contributed by atoms with E-state index in [1.165, 1.54) is 30.0 Å². The van der Waals surface area contributed by atoms with Gasteiger partial charge in [0.1, 0.15) is 11.9 Å². The van der Waals surface area contributed by atoms with Gasteiger partial charge in [-0.2, -0.15) is 0 Å². The number of carboxylic acids is 1. The number of rotatable bonds is 2. The van der Waals surface area contributed by atoms with Crippen molar-refractivity contribution in [2.24, 2.45) is 0 Å². The van der Waals surface area contributed by atoms with Crippen LogP contribution in [0.2, 0.25) is 0 Å². The van der Waals surface area contributed by atoms with Gasteiger partial charge in [-0.15, -0.1) is 0 Å². The molecule has 0 aliphatic carbocycles. The highest BCUT2D eigenvalue weighted by atomic mass is 19.1.